The maximum absolute atomic E-state index is 10.6. The summed E-state index contributed by atoms with van der Waals surface area (Å²) in [6.07, 6.45) is 3.36. The van der Waals surface area contributed by atoms with E-state index >= 15 is 0 Å². The minimum Gasteiger partial charge on any atom is -0.253 e. The molecule has 0 aliphatic heterocycles. The molecule has 0 amide bonds. The Morgan fingerprint density at radius 2 is 2.00 bits per heavy atom. The van der Waals surface area contributed by atoms with Gasteiger partial charge in [0.25, 0.3) is 0 Å². The van der Waals surface area contributed by atoms with Gasteiger partial charge in [0.2, 0.25) is 0 Å². The predicted molar refractivity (Wildman–Crippen MR) is 56.4 cm³/mol. The van der Waals surface area contributed by atoms with Gasteiger partial charge in [-0.15, -0.1) is 0 Å². The van der Waals surface area contributed by atoms with Gasteiger partial charge in [-0.25, -0.2) is 5.14 Å². The molecule has 1 aromatic carbocycles. The molecule has 82 valence electrons. The van der Waals surface area contributed by atoms with E-state index in [0.29, 0.717) is 0 Å². The molecular formula is C10H13NO3S. The zero-order valence-electron chi connectivity index (χ0n) is 8.27. The van der Waals surface area contributed by atoms with Gasteiger partial charge in [0.1, 0.15) is 0 Å². The summed E-state index contributed by atoms with van der Waals surface area (Å²) in [7, 11) is -3.84. The van der Waals surface area contributed by atoms with E-state index in [1.807, 2.05) is 18.2 Å². The third kappa shape index (κ3) is 2.77. The molecule has 0 radical (unpaired) electrons. The highest BCUT2D eigenvalue weighted by molar-refractivity contribution is 7.84. The van der Waals surface area contributed by atoms with Crippen molar-refractivity contribution in [2.75, 3.05) is 0 Å². The molecule has 0 atom stereocenters. The minimum absolute atomic E-state index is 0.0200. The molecule has 5 heteroatoms. The average molecular weight is 227 g/mol. The summed E-state index contributed by atoms with van der Waals surface area (Å²) in [5, 5.41) is 4.75. The van der Waals surface area contributed by atoms with Gasteiger partial charge in [-0.2, -0.15) is 8.42 Å². The van der Waals surface area contributed by atoms with Crippen LogP contribution in [-0.4, -0.2) is 8.42 Å². The van der Waals surface area contributed by atoms with Gasteiger partial charge in [-0.05, 0) is 36.0 Å². The molecule has 1 aromatic rings. The molecular weight excluding hydrogens is 214 g/mol. The molecule has 4 nitrogen and oxygen atoms in total. The zero-order chi connectivity index (χ0) is 10.9. The normalized spacial score (nSPS) is 15.3. The van der Waals surface area contributed by atoms with Crippen molar-refractivity contribution in [3.8, 4) is 0 Å². The molecule has 15 heavy (non-hydrogen) atoms. The van der Waals surface area contributed by atoms with Crippen molar-refractivity contribution in [1.82, 2.24) is 0 Å². The second-order valence-electron chi connectivity index (χ2n) is 3.71. The molecule has 0 saturated heterocycles. The lowest BCUT2D eigenvalue weighted by Crippen LogP contribution is -2.15. The van der Waals surface area contributed by atoms with Crippen LogP contribution in [0.4, 0.5) is 0 Å². The van der Waals surface area contributed by atoms with Gasteiger partial charge in [-0.1, -0.05) is 18.2 Å². The van der Waals surface area contributed by atoms with Crippen molar-refractivity contribution in [3.63, 3.8) is 0 Å². The third-order valence-corrected chi connectivity index (χ3v) is 3.00. The van der Waals surface area contributed by atoms with Gasteiger partial charge in [0.05, 0.1) is 6.61 Å². The van der Waals surface area contributed by atoms with Gasteiger partial charge in [-0.3, -0.25) is 4.18 Å². The van der Waals surface area contributed by atoms with Crippen molar-refractivity contribution >= 4 is 10.3 Å². The maximum Gasteiger partial charge on any atom is 0.333 e. The highest BCUT2D eigenvalue weighted by Gasteiger charge is 2.11. The summed E-state index contributed by atoms with van der Waals surface area (Å²) in [5.41, 5.74) is 3.50. The molecule has 0 saturated carbocycles. The third-order valence-electron chi connectivity index (χ3n) is 2.55. The minimum atomic E-state index is -3.84. The monoisotopic (exact) mass is 227 g/mol. The number of hydrogen-bond acceptors (Lipinski definition) is 3. The Labute approximate surface area is 89.3 Å². The lowest BCUT2D eigenvalue weighted by atomic mass is 10.1. The lowest BCUT2D eigenvalue weighted by molar-refractivity contribution is 0.308. The summed E-state index contributed by atoms with van der Waals surface area (Å²) in [6, 6.07) is 5.91. The molecule has 0 heterocycles. The summed E-state index contributed by atoms with van der Waals surface area (Å²) in [5.74, 6) is 0. The summed E-state index contributed by atoms with van der Waals surface area (Å²) >= 11 is 0. The topological polar surface area (TPSA) is 69.4 Å². The summed E-state index contributed by atoms with van der Waals surface area (Å²) in [6.45, 7) is 0.0200. The Morgan fingerprint density at radius 1 is 1.27 bits per heavy atom. The SMILES string of the molecule is NS(=O)(=O)OCc1ccc2c(c1)CCC2. The fourth-order valence-corrected chi connectivity index (χ4v) is 2.17. The van der Waals surface area contributed by atoms with Crippen LogP contribution in [-0.2, 0) is 33.9 Å². The number of hydrogen-bond donors (Lipinski definition) is 1. The van der Waals surface area contributed by atoms with E-state index in [-0.39, 0.29) is 6.61 Å². The van der Waals surface area contributed by atoms with Crippen LogP contribution in [0.1, 0.15) is 23.1 Å². The Bertz CT molecular complexity index is 468. The number of fused-ring (bicyclic) bond motifs is 1. The van der Waals surface area contributed by atoms with Gasteiger partial charge >= 0.3 is 10.3 Å². The second-order valence-corrected chi connectivity index (χ2v) is 4.93. The fraction of sp³-hybridized carbons (Fsp3) is 0.400. The van der Waals surface area contributed by atoms with Crippen molar-refractivity contribution in [1.29, 1.82) is 0 Å². The maximum atomic E-state index is 10.6. The van der Waals surface area contributed by atoms with Gasteiger partial charge < -0.3 is 0 Å². The first-order chi connectivity index (χ1) is 7.04. The Morgan fingerprint density at radius 3 is 2.73 bits per heavy atom. The quantitative estimate of drug-likeness (QED) is 0.834. The van der Waals surface area contributed by atoms with Crippen LogP contribution in [0, 0.1) is 0 Å². The molecule has 2 rings (SSSR count). The van der Waals surface area contributed by atoms with Crippen molar-refractivity contribution in [3.05, 3.63) is 34.9 Å². The van der Waals surface area contributed by atoms with E-state index in [0.717, 1.165) is 18.4 Å². The largest absolute Gasteiger partial charge is 0.333 e. The van der Waals surface area contributed by atoms with Crippen LogP contribution >= 0.6 is 0 Å². The van der Waals surface area contributed by atoms with Crippen LogP contribution < -0.4 is 5.14 Å². The van der Waals surface area contributed by atoms with Crippen LogP contribution in [0.25, 0.3) is 0 Å². The molecule has 0 unspecified atom stereocenters. The average Bonchev–Trinajstić information content (AvgIpc) is 2.60. The van der Waals surface area contributed by atoms with Crippen molar-refractivity contribution < 1.29 is 12.6 Å². The van der Waals surface area contributed by atoms with Crippen LogP contribution in [0.2, 0.25) is 0 Å². The van der Waals surface area contributed by atoms with Crippen LogP contribution in [0.15, 0.2) is 18.2 Å². The van der Waals surface area contributed by atoms with Gasteiger partial charge in [0.15, 0.2) is 0 Å². The molecule has 1 aliphatic rings. The second kappa shape index (κ2) is 3.92. The van der Waals surface area contributed by atoms with Crippen molar-refractivity contribution in [2.24, 2.45) is 5.14 Å². The predicted octanol–water partition coefficient (Wildman–Crippen LogP) is 0.895. The first kappa shape index (κ1) is 10.6. The van der Waals surface area contributed by atoms with E-state index in [1.165, 1.54) is 17.5 Å². The molecule has 0 spiro atoms. The van der Waals surface area contributed by atoms with E-state index in [9.17, 15) is 8.42 Å². The van der Waals surface area contributed by atoms with Crippen LogP contribution in [0.5, 0.6) is 0 Å². The van der Waals surface area contributed by atoms with E-state index in [1.54, 1.807) is 0 Å². The Hall–Kier alpha value is -0.910. The number of nitrogens with two attached hydrogens (primary N) is 1. The smallest absolute Gasteiger partial charge is 0.253 e. The number of aryl methyl sites for hydroxylation is 2. The van der Waals surface area contributed by atoms with E-state index in [2.05, 4.69) is 4.18 Å². The highest BCUT2D eigenvalue weighted by atomic mass is 32.2. The molecule has 1 aliphatic carbocycles. The van der Waals surface area contributed by atoms with E-state index < -0.39 is 10.3 Å². The summed E-state index contributed by atoms with van der Waals surface area (Å²) < 4.78 is 25.7. The molecule has 0 fully saturated rings. The fourth-order valence-electron chi connectivity index (χ4n) is 1.87. The lowest BCUT2D eigenvalue weighted by Gasteiger charge is -2.04. The van der Waals surface area contributed by atoms with Gasteiger partial charge in [0, 0.05) is 0 Å². The number of rotatable bonds is 3. The number of benzene rings is 1. The Balaban J connectivity index is 2.10. The highest BCUT2D eigenvalue weighted by Crippen LogP contribution is 2.23. The standard InChI is InChI=1S/C10H13NO3S/c11-15(12,13)14-7-8-4-5-9-2-1-3-10(9)6-8/h4-6H,1-3,7H2,(H2,11,12,13). The Kier molecular flexibility index (Phi) is 2.77. The molecule has 0 aromatic heterocycles. The molecule has 2 N–H and O–H groups in total. The first-order valence-corrected chi connectivity index (χ1v) is 6.29. The van der Waals surface area contributed by atoms with E-state index in [4.69, 9.17) is 5.14 Å². The summed E-state index contributed by atoms with van der Waals surface area (Å²) in [4.78, 5) is 0. The van der Waals surface area contributed by atoms with Crippen molar-refractivity contribution in [2.45, 2.75) is 25.9 Å². The molecule has 0 bridgehead atoms. The first-order valence-electron chi connectivity index (χ1n) is 4.82. The van der Waals surface area contributed by atoms with Crippen LogP contribution in [0.3, 0.4) is 0 Å². The zero-order valence-corrected chi connectivity index (χ0v) is 9.09.